The number of benzene rings is 2. The van der Waals surface area contributed by atoms with E-state index in [0.29, 0.717) is 23.2 Å². The van der Waals surface area contributed by atoms with Crippen LogP contribution < -0.4 is 15.6 Å². The average Bonchev–Trinajstić information content (AvgIpc) is 2.67. The Morgan fingerprint density at radius 3 is 2.75 bits per heavy atom. The first-order chi connectivity index (χ1) is 13.5. The summed E-state index contributed by atoms with van der Waals surface area (Å²) in [4.78, 5) is 29.4. The number of ether oxygens (including phenoxy) is 1. The van der Waals surface area contributed by atoms with Gasteiger partial charge in [-0.15, -0.1) is 0 Å². The van der Waals surface area contributed by atoms with Crippen LogP contribution in [0, 0.1) is 13.8 Å². The van der Waals surface area contributed by atoms with E-state index in [9.17, 15) is 9.59 Å². The van der Waals surface area contributed by atoms with Gasteiger partial charge in [0.15, 0.2) is 0 Å². The van der Waals surface area contributed by atoms with Gasteiger partial charge in [0, 0.05) is 5.69 Å². The minimum Gasteiger partial charge on any atom is -0.494 e. The SMILES string of the molecule is CCCCOc1ccc(NC(=O)Cn2cnc3c(C)cccc3c2=O)c(C)c1. The number of aromatic nitrogens is 2. The van der Waals surface area contributed by atoms with Crippen LogP contribution in [0.5, 0.6) is 5.75 Å². The van der Waals surface area contributed by atoms with E-state index in [1.54, 1.807) is 6.07 Å². The quantitative estimate of drug-likeness (QED) is 0.633. The molecule has 1 amide bonds. The fourth-order valence-electron chi connectivity index (χ4n) is 3.00. The maximum atomic E-state index is 12.6. The van der Waals surface area contributed by atoms with Crippen molar-refractivity contribution in [2.75, 3.05) is 11.9 Å². The van der Waals surface area contributed by atoms with Crippen LogP contribution in [0.1, 0.15) is 30.9 Å². The second-order valence-corrected chi connectivity index (χ2v) is 6.88. The summed E-state index contributed by atoms with van der Waals surface area (Å²) in [5.74, 6) is 0.507. The molecule has 0 atom stereocenters. The van der Waals surface area contributed by atoms with Crippen molar-refractivity contribution in [1.29, 1.82) is 0 Å². The van der Waals surface area contributed by atoms with Crippen LogP contribution in [0.2, 0.25) is 0 Å². The van der Waals surface area contributed by atoms with E-state index >= 15 is 0 Å². The summed E-state index contributed by atoms with van der Waals surface area (Å²) in [5, 5.41) is 3.37. The van der Waals surface area contributed by atoms with E-state index in [1.165, 1.54) is 10.9 Å². The van der Waals surface area contributed by atoms with Gasteiger partial charge in [-0.05, 0) is 55.7 Å². The van der Waals surface area contributed by atoms with Crippen molar-refractivity contribution in [2.45, 2.75) is 40.2 Å². The highest BCUT2D eigenvalue weighted by Crippen LogP contribution is 2.21. The largest absolute Gasteiger partial charge is 0.494 e. The van der Waals surface area contributed by atoms with Crippen LogP contribution >= 0.6 is 0 Å². The molecule has 0 aliphatic rings. The Hall–Kier alpha value is -3.15. The first-order valence-electron chi connectivity index (χ1n) is 9.47. The highest BCUT2D eigenvalue weighted by atomic mass is 16.5. The number of unbranched alkanes of at least 4 members (excludes halogenated alkanes) is 1. The van der Waals surface area contributed by atoms with Gasteiger partial charge in [0.25, 0.3) is 5.56 Å². The minimum absolute atomic E-state index is 0.0933. The highest BCUT2D eigenvalue weighted by molar-refractivity contribution is 5.91. The number of rotatable bonds is 7. The van der Waals surface area contributed by atoms with Crippen LogP contribution in [0.15, 0.2) is 47.5 Å². The molecule has 0 bridgehead atoms. The summed E-state index contributed by atoms with van der Waals surface area (Å²) >= 11 is 0. The van der Waals surface area contributed by atoms with Gasteiger partial charge in [0.2, 0.25) is 5.91 Å². The topological polar surface area (TPSA) is 73.2 Å². The van der Waals surface area contributed by atoms with Gasteiger partial charge in [0.1, 0.15) is 12.3 Å². The number of carbonyl (C=O) groups excluding carboxylic acids is 1. The normalized spacial score (nSPS) is 10.8. The van der Waals surface area contributed by atoms with Crippen LogP contribution in [0.3, 0.4) is 0 Å². The molecule has 28 heavy (non-hydrogen) atoms. The lowest BCUT2D eigenvalue weighted by molar-refractivity contribution is -0.116. The fraction of sp³-hybridized carbons (Fsp3) is 0.318. The molecule has 3 aromatic rings. The molecule has 1 aromatic heterocycles. The van der Waals surface area contributed by atoms with Crippen LogP contribution in [0.25, 0.3) is 10.9 Å². The maximum absolute atomic E-state index is 12.6. The monoisotopic (exact) mass is 379 g/mol. The lowest BCUT2D eigenvalue weighted by atomic mass is 10.1. The first-order valence-corrected chi connectivity index (χ1v) is 9.47. The molecule has 0 unspecified atom stereocenters. The molecular weight excluding hydrogens is 354 g/mol. The predicted molar refractivity (Wildman–Crippen MR) is 111 cm³/mol. The zero-order chi connectivity index (χ0) is 20.1. The molecule has 0 spiro atoms. The molecule has 0 aliphatic carbocycles. The molecule has 0 saturated carbocycles. The predicted octanol–water partition coefficient (Wildman–Crippen LogP) is 3.83. The Morgan fingerprint density at radius 2 is 2.00 bits per heavy atom. The lowest BCUT2D eigenvalue weighted by Crippen LogP contribution is -2.28. The molecule has 1 N–H and O–H groups in total. The van der Waals surface area contributed by atoms with E-state index in [4.69, 9.17) is 4.74 Å². The Bertz CT molecular complexity index is 1060. The molecule has 1 heterocycles. The van der Waals surface area contributed by atoms with Crippen LogP contribution in [0.4, 0.5) is 5.69 Å². The maximum Gasteiger partial charge on any atom is 0.261 e. The Kier molecular flexibility index (Phi) is 6.09. The third-order valence-electron chi connectivity index (χ3n) is 4.61. The van der Waals surface area contributed by atoms with E-state index in [1.807, 2.05) is 44.2 Å². The van der Waals surface area contributed by atoms with Gasteiger partial charge in [-0.1, -0.05) is 25.5 Å². The van der Waals surface area contributed by atoms with Crippen molar-refractivity contribution in [3.05, 3.63) is 64.2 Å². The van der Waals surface area contributed by atoms with Gasteiger partial charge >= 0.3 is 0 Å². The zero-order valence-corrected chi connectivity index (χ0v) is 16.5. The fourth-order valence-corrected chi connectivity index (χ4v) is 3.00. The number of anilines is 1. The van der Waals surface area contributed by atoms with Crippen molar-refractivity contribution in [1.82, 2.24) is 9.55 Å². The molecule has 3 rings (SSSR count). The van der Waals surface area contributed by atoms with Gasteiger partial charge < -0.3 is 10.1 Å². The van der Waals surface area contributed by atoms with Crippen LogP contribution in [-0.4, -0.2) is 22.1 Å². The van der Waals surface area contributed by atoms with E-state index < -0.39 is 0 Å². The number of carbonyl (C=O) groups is 1. The number of nitrogens with zero attached hydrogens (tertiary/aromatic N) is 2. The van der Waals surface area contributed by atoms with E-state index in [2.05, 4.69) is 17.2 Å². The summed E-state index contributed by atoms with van der Waals surface area (Å²) in [6, 6.07) is 11.0. The number of hydrogen-bond acceptors (Lipinski definition) is 4. The van der Waals surface area contributed by atoms with Gasteiger partial charge in [-0.25, -0.2) is 4.98 Å². The van der Waals surface area contributed by atoms with E-state index in [-0.39, 0.29) is 18.0 Å². The molecule has 0 aliphatic heterocycles. The summed E-state index contributed by atoms with van der Waals surface area (Å²) in [7, 11) is 0. The third kappa shape index (κ3) is 4.39. The second kappa shape index (κ2) is 8.69. The van der Waals surface area contributed by atoms with Gasteiger partial charge in [0.05, 0.1) is 23.8 Å². The van der Waals surface area contributed by atoms with Crippen molar-refractivity contribution in [2.24, 2.45) is 0 Å². The van der Waals surface area contributed by atoms with Crippen molar-refractivity contribution < 1.29 is 9.53 Å². The average molecular weight is 379 g/mol. The zero-order valence-electron chi connectivity index (χ0n) is 16.5. The van der Waals surface area contributed by atoms with Crippen LogP contribution in [-0.2, 0) is 11.3 Å². The molecule has 0 saturated heterocycles. The molecule has 6 heteroatoms. The smallest absolute Gasteiger partial charge is 0.261 e. The standard InChI is InChI=1S/C22H25N3O3/c1-4-5-11-28-17-9-10-19(16(3)12-17)24-20(26)13-25-14-23-21-15(2)7-6-8-18(21)22(25)27/h6-10,12,14H,4-5,11,13H2,1-3H3,(H,24,26). The molecule has 0 fully saturated rings. The number of hydrogen-bond donors (Lipinski definition) is 1. The molecule has 146 valence electrons. The third-order valence-corrected chi connectivity index (χ3v) is 4.61. The van der Waals surface area contributed by atoms with Crippen molar-refractivity contribution in [3.63, 3.8) is 0 Å². The Balaban J connectivity index is 1.71. The molecule has 0 radical (unpaired) electrons. The van der Waals surface area contributed by atoms with Crippen molar-refractivity contribution in [3.8, 4) is 5.75 Å². The number of amides is 1. The summed E-state index contributed by atoms with van der Waals surface area (Å²) in [5.41, 5.74) is 2.98. The highest BCUT2D eigenvalue weighted by Gasteiger charge is 2.11. The summed E-state index contributed by atoms with van der Waals surface area (Å²) in [6.45, 7) is 6.52. The summed E-state index contributed by atoms with van der Waals surface area (Å²) in [6.07, 6.45) is 3.51. The Morgan fingerprint density at radius 1 is 1.18 bits per heavy atom. The molecular formula is C22H25N3O3. The Labute approximate surface area is 164 Å². The van der Waals surface area contributed by atoms with E-state index in [0.717, 1.165) is 29.7 Å². The summed E-state index contributed by atoms with van der Waals surface area (Å²) < 4.78 is 7.01. The number of nitrogens with one attached hydrogen (secondary N) is 1. The lowest BCUT2D eigenvalue weighted by Gasteiger charge is -2.12. The molecule has 2 aromatic carbocycles. The first kappa shape index (κ1) is 19.6. The minimum atomic E-state index is -0.279. The second-order valence-electron chi connectivity index (χ2n) is 6.88. The van der Waals surface area contributed by atoms with Gasteiger partial charge in [-0.2, -0.15) is 0 Å². The number of para-hydroxylation sites is 1. The van der Waals surface area contributed by atoms with Crippen molar-refractivity contribution >= 4 is 22.5 Å². The number of fused-ring (bicyclic) bond motifs is 1. The number of aryl methyl sites for hydroxylation is 2. The molecule has 6 nitrogen and oxygen atoms in total. The van der Waals surface area contributed by atoms with Gasteiger partial charge in [-0.3, -0.25) is 14.2 Å².